The molecule has 0 bridgehead atoms. The Morgan fingerprint density at radius 3 is 2.11 bits per heavy atom. The van der Waals surface area contributed by atoms with E-state index in [1.165, 1.54) is 32.1 Å². The minimum Gasteiger partial charge on any atom is -0.385 e. The molecule has 2 nitrogen and oxygen atoms in total. The lowest BCUT2D eigenvalue weighted by atomic mass is 9.63. The number of aliphatic hydroxyl groups is 1. The first kappa shape index (κ1) is 14.5. The smallest absolute Gasteiger partial charge is 0.0936 e. The van der Waals surface area contributed by atoms with Gasteiger partial charge < -0.3 is 10.8 Å². The highest BCUT2D eigenvalue weighted by molar-refractivity contribution is 5.25. The molecule has 1 saturated carbocycles. The molecule has 19 heavy (non-hydrogen) atoms. The van der Waals surface area contributed by atoms with Crippen molar-refractivity contribution in [1.29, 1.82) is 0 Å². The van der Waals surface area contributed by atoms with Gasteiger partial charge in [-0.2, -0.15) is 0 Å². The van der Waals surface area contributed by atoms with Crippen molar-refractivity contribution in [3.63, 3.8) is 0 Å². The first-order valence-corrected chi connectivity index (χ1v) is 7.60. The molecule has 0 aromatic heterocycles. The van der Waals surface area contributed by atoms with Crippen molar-refractivity contribution in [2.45, 2.75) is 57.5 Å². The van der Waals surface area contributed by atoms with Gasteiger partial charge in [0.25, 0.3) is 0 Å². The van der Waals surface area contributed by atoms with Crippen LogP contribution in [-0.2, 0) is 5.60 Å². The van der Waals surface area contributed by atoms with Gasteiger partial charge in [0.2, 0.25) is 0 Å². The normalized spacial score (nSPS) is 23.1. The molecule has 0 aliphatic heterocycles. The van der Waals surface area contributed by atoms with Crippen molar-refractivity contribution < 1.29 is 5.11 Å². The van der Waals surface area contributed by atoms with E-state index in [0.717, 1.165) is 18.4 Å². The van der Waals surface area contributed by atoms with Gasteiger partial charge in [-0.15, -0.1) is 0 Å². The summed E-state index contributed by atoms with van der Waals surface area (Å²) in [5.41, 5.74) is 6.12. The molecule has 1 aliphatic rings. The van der Waals surface area contributed by atoms with Crippen LogP contribution in [0.4, 0.5) is 0 Å². The van der Waals surface area contributed by atoms with E-state index in [9.17, 15) is 5.11 Å². The molecule has 3 N–H and O–H groups in total. The van der Waals surface area contributed by atoms with Crippen molar-refractivity contribution >= 4 is 0 Å². The van der Waals surface area contributed by atoms with Crippen molar-refractivity contribution in [1.82, 2.24) is 0 Å². The molecule has 1 fully saturated rings. The lowest BCUT2D eigenvalue weighted by Gasteiger charge is -2.46. The fourth-order valence-electron chi connectivity index (χ4n) is 3.54. The monoisotopic (exact) mass is 261 g/mol. The fourth-order valence-corrected chi connectivity index (χ4v) is 3.54. The largest absolute Gasteiger partial charge is 0.385 e. The van der Waals surface area contributed by atoms with Crippen LogP contribution in [-0.4, -0.2) is 11.7 Å². The van der Waals surface area contributed by atoms with Gasteiger partial charge >= 0.3 is 0 Å². The standard InChI is InChI=1S/C17H27NO/c1-16(19,15-10-6-5-7-11-15)17(14-18)12-8-3-2-4-9-13-17/h5-7,10-11,19H,2-4,8-9,12-14,18H2,1H3. The van der Waals surface area contributed by atoms with E-state index >= 15 is 0 Å². The van der Waals surface area contributed by atoms with Gasteiger partial charge in [-0.05, 0) is 25.3 Å². The van der Waals surface area contributed by atoms with E-state index in [-0.39, 0.29) is 5.41 Å². The topological polar surface area (TPSA) is 46.2 Å². The van der Waals surface area contributed by atoms with Crippen molar-refractivity contribution in [2.75, 3.05) is 6.54 Å². The lowest BCUT2D eigenvalue weighted by Crippen LogP contribution is -2.49. The molecule has 0 spiro atoms. The van der Waals surface area contributed by atoms with Crippen molar-refractivity contribution in [2.24, 2.45) is 11.1 Å². The molecule has 1 aromatic rings. The molecule has 1 atom stereocenters. The Morgan fingerprint density at radius 1 is 1.05 bits per heavy atom. The third kappa shape index (κ3) is 2.85. The summed E-state index contributed by atoms with van der Waals surface area (Å²) < 4.78 is 0. The highest BCUT2D eigenvalue weighted by Gasteiger charge is 2.46. The van der Waals surface area contributed by atoms with E-state index in [4.69, 9.17) is 5.73 Å². The van der Waals surface area contributed by atoms with Crippen LogP contribution in [0.25, 0.3) is 0 Å². The molecular weight excluding hydrogens is 234 g/mol. The minimum atomic E-state index is -0.833. The molecule has 1 aliphatic carbocycles. The SMILES string of the molecule is CC(O)(c1ccccc1)C1(CN)CCCCCCC1. The third-order valence-electron chi connectivity index (χ3n) is 5.07. The van der Waals surface area contributed by atoms with Crippen LogP contribution < -0.4 is 5.73 Å². The summed E-state index contributed by atoms with van der Waals surface area (Å²) in [6.45, 7) is 2.52. The minimum absolute atomic E-state index is 0.172. The first-order valence-electron chi connectivity index (χ1n) is 7.60. The summed E-state index contributed by atoms with van der Waals surface area (Å²) in [5, 5.41) is 11.2. The second-order valence-electron chi connectivity index (χ2n) is 6.19. The van der Waals surface area contributed by atoms with Crippen LogP contribution in [0.5, 0.6) is 0 Å². The Labute approximate surface area is 117 Å². The molecule has 0 radical (unpaired) electrons. The van der Waals surface area contributed by atoms with Crippen molar-refractivity contribution in [3.05, 3.63) is 35.9 Å². The Balaban J connectivity index is 2.32. The Hall–Kier alpha value is -0.860. The second kappa shape index (κ2) is 6.06. The molecular formula is C17H27NO. The molecule has 1 aromatic carbocycles. The quantitative estimate of drug-likeness (QED) is 0.873. The fraction of sp³-hybridized carbons (Fsp3) is 0.647. The average Bonchev–Trinajstić information content (AvgIpc) is 2.40. The highest BCUT2D eigenvalue weighted by atomic mass is 16.3. The molecule has 106 valence electrons. The van der Waals surface area contributed by atoms with E-state index in [1.807, 2.05) is 37.3 Å². The van der Waals surface area contributed by atoms with E-state index in [0.29, 0.717) is 6.54 Å². The van der Waals surface area contributed by atoms with Crippen LogP contribution in [0.2, 0.25) is 0 Å². The molecule has 0 saturated heterocycles. The zero-order valence-electron chi connectivity index (χ0n) is 12.1. The van der Waals surface area contributed by atoms with E-state index < -0.39 is 5.60 Å². The summed E-state index contributed by atoms with van der Waals surface area (Å²) in [6.07, 6.45) is 8.30. The zero-order chi connectivity index (χ0) is 13.8. The number of rotatable bonds is 3. The van der Waals surface area contributed by atoms with Crippen LogP contribution in [0.1, 0.15) is 57.4 Å². The number of benzene rings is 1. The molecule has 0 heterocycles. The molecule has 1 unspecified atom stereocenters. The second-order valence-corrected chi connectivity index (χ2v) is 6.19. The maximum Gasteiger partial charge on any atom is 0.0936 e. The highest BCUT2D eigenvalue weighted by Crippen LogP contribution is 2.47. The predicted molar refractivity (Wildman–Crippen MR) is 79.8 cm³/mol. The first-order chi connectivity index (χ1) is 9.12. The summed E-state index contributed by atoms with van der Waals surface area (Å²) in [6, 6.07) is 10.0. The van der Waals surface area contributed by atoms with E-state index in [2.05, 4.69) is 0 Å². The molecule has 2 heteroatoms. The number of hydrogen-bond donors (Lipinski definition) is 2. The zero-order valence-corrected chi connectivity index (χ0v) is 12.1. The summed E-state index contributed by atoms with van der Waals surface area (Å²) in [5.74, 6) is 0. The summed E-state index contributed by atoms with van der Waals surface area (Å²) in [4.78, 5) is 0. The Bertz CT molecular complexity index is 378. The van der Waals surface area contributed by atoms with Crippen LogP contribution in [0.15, 0.2) is 30.3 Å². The van der Waals surface area contributed by atoms with Gasteiger partial charge in [0.05, 0.1) is 5.60 Å². The summed E-state index contributed by atoms with van der Waals surface area (Å²) >= 11 is 0. The van der Waals surface area contributed by atoms with Gasteiger partial charge in [0.1, 0.15) is 0 Å². The molecule has 0 amide bonds. The van der Waals surface area contributed by atoms with Crippen molar-refractivity contribution in [3.8, 4) is 0 Å². The summed E-state index contributed by atoms with van der Waals surface area (Å²) in [7, 11) is 0. The lowest BCUT2D eigenvalue weighted by molar-refractivity contribution is -0.0864. The number of hydrogen-bond acceptors (Lipinski definition) is 2. The predicted octanol–water partition coefficient (Wildman–Crippen LogP) is 3.58. The Kier molecular flexibility index (Phi) is 4.64. The maximum atomic E-state index is 11.2. The average molecular weight is 261 g/mol. The van der Waals surface area contributed by atoms with Crippen LogP contribution in [0.3, 0.4) is 0 Å². The Morgan fingerprint density at radius 2 is 1.58 bits per heavy atom. The van der Waals surface area contributed by atoms with Gasteiger partial charge in [-0.1, -0.05) is 62.4 Å². The van der Waals surface area contributed by atoms with E-state index in [1.54, 1.807) is 0 Å². The van der Waals surface area contributed by atoms with Crippen LogP contribution in [0, 0.1) is 5.41 Å². The molecule has 2 rings (SSSR count). The number of nitrogens with two attached hydrogens (primary N) is 1. The van der Waals surface area contributed by atoms with Gasteiger partial charge in [0.15, 0.2) is 0 Å². The van der Waals surface area contributed by atoms with Gasteiger partial charge in [-0.25, -0.2) is 0 Å². The van der Waals surface area contributed by atoms with Gasteiger partial charge in [0, 0.05) is 12.0 Å². The van der Waals surface area contributed by atoms with Gasteiger partial charge in [-0.3, -0.25) is 0 Å². The maximum absolute atomic E-state index is 11.2. The third-order valence-corrected chi connectivity index (χ3v) is 5.07. The van der Waals surface area contributed by atoms with Crippen LogP contribution >= 0.6 is 0 Å².